The Labute approximate surface area is 71.9 Å². The molecule has 68 valence electrons. The zero-order valence-electron chi connectivity index (χ0n) is 6.69. The lowest BCUT2D eigenvalue weighted by atomic mass is 10.5. The molecule has 0 atom stereocenters. The zero-order valence-corrected chi connectivity index (χ0v) is 6.69. The highest BCUT2D eigenvalue weighted by Gasteiger charge is 2.30. The van der Waals surface area contributed by atoms with Gasteiger partial charge in [0.15, 0.2) is 0 Å². The number of nitrogens with zero attached hydrogens (tertiary/aromatic N) is 2. The van der Waals surface area contributed by atoms with Crippen molar-refractivity contribution >= 4 is 12.1 Å². The third-order valence-corrected chi connectivity index (χ3v) is 1.71. The molecular weight excluding hydrogens is 158 g/mol. The summed E-state index contributed by atoms with van der Waals surface area (Å²) < 4.78 is 0. The van der Waals surface area contributed by atoms with Gasteiger partial charge in [-0.3, -0.25) is 0 Å². The van der Waals surface area contributed by atoms with Crippen molar-refractivity contribution in [2.45, 2.75) is 0 Å². The molecule has 12 heavy (non-hydrogen) atoms. The Balaban J connectivity index is 0.00000144. The van der Waals surface area contributed by atoms with Crippen molar-refractivity contribution in [2.75, 3.05) is 19.6 Å². The van der Waals surface area contributed by atoms with E-state index >= 15 is 0 Å². The summed E-state index contributed by atoms with van der Waals surface area (Å²) in [7, 11) is 0. The number of hydrogen-bond donors (Lipinski definition) is 1. The molecule has 0 bridgehead atoms. The summed E-state index contributed by atoms with van der Waals surface area (Å²) in [5, 5.41) is 0. The molecule has 0 radical (unpaired) electrons. The molecule has 0 saturated carbocycles. The van der Waals surface area contributed by atoms with Gasteiger partial charge < -0.3 is 10.6 Å². The first kappa shape index (κ1) is 8.58. The highest BCUT2D eigenvalue weighted by atomic mass is 16.2. The molecule has 0 aromatic rings. The molecule has 2 N–H and O–H groups in total. The minimum Gasteiger partial charge on any atom is -0.351 e. The van der Waals surface area contributed by atoms with Crippen LogP contribution in [0.4, 0.5) is 9.59 Å². The van der Waals surface area contributed by atoms with Crippen LogP contribution < -0.4 is 5.73 Å². The van der Waals surface area contributed by atoms with E-state index in [1.165, 1.54) is 4.90 Å². The van der Waals surface area contributed by atoms with Crippen LogP contribution in [0.15, 0.2) is 12.7 Å². The molecule has 0 unspecified atom stereocenters. The molecule has 0 aliphatic carbocycles. The first-order chi connectivity index (χ1) is 5.66. The number of imide groups is 1. The lowest BCUT2D eigenvalue weighted by molar-refractivity contribution is 0.191. The van der Waals surface area contributed by atoms with Crippen LogP contribution in [-0.4, -0.2) is 41.5 Å². The van der Waals surface area contributed by atoms with E-state index in [9.17, 15) is 9.59 Å². The summed E-state index contributed by atoms with van der Waals surface area (Å²) >= 11 is 0. The normalized spacial score (nSPS) is 16.8. The van der Waals surface area contributed by atoms with E-state index in [1.807, 2.05) is 0 Å². The van der Waals surface area contributed by atoms with Gasteiger partial charge in [-0.1, -0.05) is 6.08 Å². The number of carbonyl (C=O) groups excluding carboxylic acids is 2. The van der Waals surface area contributed by atoms with Crippen molar-refractivity contribution in [3.63, 3.8) is 0 Å². The van der Waals surface area contributed by atoms with Crippen LogP contribution in [0.5, 0.6) is 0 Å². The second-order valence-corrected chi connectivity index (χ2v) is 2.51. The highest BCUT2D eigenvalue weighted by Crippen LogP contribution is 2.07. The molecule has 5 nitrogen and oxygen atoms in total. The Morgan fingerprint density at radius 1 is 1.75 bits per heavy atom. The Morgan fingerprint density at radius 3 is 2.83 bits per heavy atom. The van der Waals surface area contributed by atoms with Crippen molar-refractivity contribution < 1.29 is 11.0 Å². The monoisotopic (exact) mass is 171 g/mol. The van der Waals surface area contributed by atoms with Gasteiger partial charge in [-0.15, -0.1) is 6.58 Å². The van der Waals surface area contributed by atoms with Crippen LogP contribution in [0.2, 0.25) is 0 Å². The van der Waals surface area contributed by atoms with Gasteiger partial charge in [-0.05, 0) is 0 Å². The van der Waals surface area contributed by atoms with Gasteiger partial charge in [0, 0.05) is 21.1 Å². The fourth-order valence-corrected chi connectivity index (χ4v) is 1.11. The molecule has 4 amide bonds. The van der Waals surface area contributed by atoms with Gasteiger partial charge in [-0.2, -0.15) is 0 Å². The lowest BCUT2D eigenvalue weighted by Gasteiger charge is -2.13. The fourth-order valence-electron chi connectivity index (χ4n) is 1.11. The van der Waals surface area contributed by atoms with Gasteiger partial charge in [-0.25, -0.2) is 14.5 Å². The predicted molar refractivity (Wildman–Crippen MR) is 45.6 cm³/mol. The third kappa shape index (κ3) is 1.39. The van der Waals surface area contributed by atoms with Crippen molar-refractivity contribution in [2.24, 2.45) is 5.73 Å². The van der Waals surface area contributed by atoms with Gasteiger partial charge in [0.2, 0.25) is 0 Å². The minimum absolute atomic E-state index is 0. The molecule has 1 aliphatic rings. The van der Waals surface area contributed by atoms with Crippen molar-refractivity contribution in [1.29, 1.82) is 0 Å². The van der Waals surface area contributed by atoms with E-state index in [4.69, 9.17) is 5.73 Å². The van der Waals surface area contributed by atoms with Gasteiger partial charge >= 0.3 is 12.1 Å². The molecule has 1 rings (SSSR count). The number of urea groups is 2. The number of rotatable bonds is 2. The summed E-state index contributed by atoms with van der Waals surface area (Å²) in [5.74, 6) is 0. The molecule has 0 aromatic carbocycles. The quantitative estimate of drug-likeness (QED) is 0.604. The third-order valence-electron chi connectivity index (χ3n) is 1.71. The summed E-state index contributed by atoms with van der Waals surface area (Å²) in [6.45, 7) is 4.87. The molecule has 5 heteroatoms. The summed E-state index contributed by atoms with van der Waals surface area (Å²) in [4.78, 5) is 24.4. The Kier molecular flexibility index (Phi) is 2.32. The van der Waals surface area contributed by atoms with E-state index in [1.54, 1.807) is 6.08 Å². The molecule has 1 aliphatic heterocycles. The summed E-state index contributed by atoms with van der Waals surface area (Å²) in [5.41, 5.74) is 4.96. The van der Waals surface area contributed by atoms with Crippen LogP contribution in [-0.2, 0) is 0 Å². The van der Waals surface area contributed by atoms with Crippen molar-refractivity contribution in [3.05, 3.63) is 12.7 Å². The summed E-state index contributed by atoms with van der Waals surface area (Å²) in [6, 6.07) is -1.02. The Bertz CT molecular complexity index is 232. The topological polar surface area (TPSA) is 66.6 Å². The SMILES string of the molecule is C=CCN1CCN(C(N)=O)C1=O.[HH]. The van der Waals surface area contributed by atoms with Crippen molar-refractivity contribution in [3.8, 4) is 0 Å². The Hall–Kier alpha value is -1.52. The summed E-state index contributed by atoms with van der Waals surface area (Å²) in [6.07, 6.45) is 1.61. The maximum Gasteiger partial charge on any atom is 0.328 e. The molecule has 1 heterocycles. The van der Waals surface area contributed by atoms with E-state index < -0.39 is 6.03 Å². The number of amides is 4. The zero-order chi connectivity index (χ0) is 9.14. The van der Waals surface area contributed by atoms with Gasteiger partial charge in [0.05, 0.1) is 0 Å². The van der Waals surface area contributed by atoms with Crippen LogP contribution in [0, 0.1) is 0 Å². The first-order valence-electron chi connectivity index (χ1n) is 3.63. The van der Waals surface area contributed by atoms with E-state index in [-0.39, 0.29) is 7.46 Å². The van der Waals surface area contributed by atoms with Gasteiger partial charge in [0.1, 0.15) is 0 Å². The van der Waals surface area contributed by atoms with E-state index in [0.29, 0.717) is 19.6 Å². The number of primary amides is 1. The predicted octanol–water partition coefficient (Wildman–Crippen LogP) is 0.235. The maximum absolute atomic E-state index is 11.2. The van der Waals surface area contributed by atoms with Crippen LogP contribution >= 0.6 is 0 Å². The number of hydrogen-bond acceptors (Lipinski definition) is 2. The first-order valence-corrected chi connectivity index (χ1v) is 3.63. The Morgan fingerprint density at radius 2 is 2.42 bits per heavy atom. The molecule has 0 aromatic heterocycles. The smallest absolute Gasteiger partial charge is 0.328 e. The highest BCUT2D eigenvalue weighted by molar-refractivity contribution is 5.94. The molecule has 1 fully saturated rings. The maximum atomic E-state index is 11.2. The van der Waals surface area contributed by atoms with E-state index in [0.717, 1.165) is 4.90 Å². The van der Waals surface area contributed by atoms with E-state index in [2.05, 4.69) is 6.58 Å². The second kappa shape index (κ2) is 3.25. The van der Waals surface area contributed by atoms with Crippen molar-refractivity contribution in [1.82, 2.24) is 9.80 Å². The fraction of sp³-hybridized carbons (Fsp3) is 0.429. The number of carbonyl (C=O) groups is 2. The molecular formula is C7H13N3O2. The standard InChI is InChI=1S/C7H11N3O2.H2/c1-2-3-9-4-5-10(6(8)11)7(9)12;/h2H,1,3-5H2,(H2,8,11);1H. The largest absolute Gasteiger partial charge is 0.351 e. The minimum atomic E-state index is -0.688. The molecule has 0 spiro atoms. The average molecular weight is 171 g/mol. The average Bonchev–Trinajstić information content (AvgIpc) is 2.34. The van der Waals surface area contributed by atoms with Crippen LogP contribution in [0.1, 0.15) is 1.43 Å². The number of nitrogens with two attached hydrogens (primary N) is 1. The van der Waals surface area contributed by atoms with Crippen LogP contribution in [0.25, 0.3) is 0 Å². The molecule has 1 saturated heterocycles. The van der Waals surface area contributed by atoms with Crippen LogP contribution in [0.3, 0.4) is 0 Å². The second-order valence-electron chi connectivity index (χ2n) is 2.51. The van der Waals surface area contributed by atoms with Gasteiger partial charge in [0.25, 0.3) is 0 Å². The lowest BCUT2D eigenvalue weighted by Crippen LogP contribution is -2.39.